The average Bonchev–Trinajstić information content (AvgIpc) is 2.91. The number of aromatic hydroxyl groups is 1. The van der Waals surface area contributed by atoms with E-state index in [0.29, 0.717) is 6.42 Å². The molecule has 0 saturated carbocycles. The summed E-state index contributed by atoms with van der Waals surface area (Å²) in [5, 5.41) is 24.7. The summed E-state index contributed by atoms with van der Waals surface area (Å²) in [7, 11) is 0. The lowest BCUT2D eigenvalue weighted by Crippen LogP contribution is -2.50. The molecular formula is C15H20N2O4. The summed E-state index contributed by atoms with van der Waals surface area (Å²) in [5.74, 6) is -1.47. The van der Waals surface area contributed by atoms with Crippen molar-refractivity contribution in [2.24, 2.45) is 0 Å². The number of hydrogen-bond donors (Lipinski definition) is 4. The van der Waals surface area contributed by atoms with Crippen molar-refractivity contribution >= 4 is 17.6 Å². The third kappa shape index (κ3) is 3.16. The van der Waals surface area contributed by atoms with Gasteiger partial charge in [-0.15, -0.1) is 0 Å². The summed E-state index contributed by atoms with van der Waals surface area (Å²) in [6.07, 6.45) is 3.24. The zero-order valence-electron chi connectivity index (χ0n) is 12.0. The van der Waals surface area contributed by atoms with E-state index in [1.54, 1.807) is 0 Å². The van der Waals surface area contributed by atoms with E-state index in [-0.39, 0.29) is 22.9 Å². The molecule has 1 aliphatic rings. The van der Waals surface area contributed by atoms with Gasteiger partial charge < -0.3 is 20.8 Å². The van der Waals surface area contributed by atoms with E-state index < -0.39 is 11.5 Å². The van der Waals surface area contributed by atoms with Crippen molar-refractivity contribution in [2.45, 2.75) is 38.1 Å². The Bertz CT molecular complexity index is 551. The van der Waals surface area contributed by atoms with Crippen LogP contribution in [0.5, 0.6) is 5.75 Å². The van der Waals surface area contributed by atoms with Gasteiger partial charge in [0.2, 0.25) is 5.91 Å². The molecule has 1 amide bonds. The largest absolute Gasteiger partial charge is 0.506 e. The summed E-state index contributed by atoms with van der Waals surface area (Å²) >= 11 is 0. The summed E-state index contributed by atoms with van der Waals surface area (Å²) < 4.78 is 0. The lowest BCUT2D eigenvalue weighted by Gasteiger charge is -2.28. The summed E-state index contributed by atoms with van der Waals surface area (Å²) in [6, 6.07) is 3.83. The fourth-order valence-corrected chi connectivity index (χ4v) is 2.76. The van der Waals surface area contributed by atoms with Gasteiger partial charge in [0.05, 0.1) is 16.8 Å². The number of rotatable bonds is 5. The zero-order chi connectivity index (χ0) is 15.5. The Balaban J connectivity index is 2.22. The van der Waals surface area contributed by atoms with E-state index in [2.05, 4.69) is 10.6 Å². The Labute approximate surface area is 123 Å². The molecule has 0 aliphatic carbocycles. The Kier molecular flexibility index (Phi) is 4.47. The van der Waals surface area contributed by atoms with E-state index >= 15 is 0 Å². The van der Waals surface area contributed by atoms with Gasteiger partial charge in [-0.3, -0.25) is 4.79 Å². The molecular weight excluding hydrogens is 272 g/mol. The quantitative estimate of drug-likeness (QED) is 0.622. The first-order valence-electron chi connectivity index (χ1n) is 7.11. The number of anilines is 1. The number of phenolic OH excluding ortho intramolecular Hbond substituents is 1. The minimum atomic E-state index is -1.10. The molecule has 6 nitrogen and oxygen atoms in total. The van der Waals surface area contributed by atoms with Crippen LogP contribution in [0.25, 0.3) is 0 Å². The van der Waals surface area contributed by atoms with Crippen LogP contribution in [0.15, 0.2) is 18.2 Å². The predicted molar refractivity (Wildman–Crippen MR) is 78.6 cm³/mol. The fourth-order valence-electron chi connectivity index (χ4n) is 2.76. The van der Waals surface area contributed by atoms with Crippen molar-refractivity contribution in [2.75, 3.05) is 11.9 Å². The molecule has 21 heavy (non-hydrogen) atoms. The monoisotopic (exact) mass is 292 g/mol. The molecule has 1 fully saturated rings. The molecule has 1 aromatic carbocycles. The third-order valence-corrected chi connectivity index (χ3v) is 3.85. The highest BCUT2D eigenvalue weighted by molar-refractivity contribution is 6.00. The first-order valence-corrected chi connectivity index (χ1v) is 7.11. The Morgan fingerprint density at radius 2 is 2.19 bits per heavy atom. The van der Waals surface area contributed by atoms with Gasteiger partial charge in [-0.1, -0.05) is 13.3 Å². The molecule has 6 heteroatoms. The molecule has 0 bridgehead atoms. The molecule has 4 N–H and O–H groups in total. The molecule has 1 saturated heterocycles. The number of hydrogen-bond acceptors (Lipinski definition) is 4. The second-order valence-electron chi connectivity index (χ2n) is 5.35. The van der Waals surface area contributed by atoms with Crippen LogP contribution in [0.4, 0.5) is 5.69 Å². The van der Waals surface area contributed by atoms with E-state index in [9.17, 15) is 14.7 Å². The van der Waals surface area contributed by atoms with Crippen molar-refractivity contribution in [1.82, 2.24) is 5.32 Å². The number of nitrogens with one attached hydrogen (secondary N) is 2. The van der Waals surface area contributed by atoms with Gasteiger partial charge in [0.15, 0.2) is 0 Å². The number of carbonyl (C=O) groups is 2. The maximum atomic E-state index is 12.5. The van der Waals surface area contributed by atoms with Crippen LogP contribution >= 0.6 is 0 Å². The van der Waals surface area contributed by atoms with E-state index in [0.717, 1.165) is 25.8 Å². The van der Waals surface area contributed by atoms with Gasteiger partial charge in [0.1, 0.15) is 5.75 Å². The van der Waals surface area contributed by atoms with Crippen LogP contribution in [-0.4, -0.2) is 34.2 Å². The minimum Gasteiger partial charge on any atom is -0.506 e. The van der Waals surface area contributed by atoms with Crippen LogP contribution in [0, 0.1) is 0 Å². The van der Waals surface area contributed by atoms with Gasteiger partial charge in [-0.2, -0.15) is 0 Å². The normalized spacial score (nSPS) is 21.2. The smallest absolute Gasteiger partial charge is 0.335 e. The van der Waals surface area contributed by atoms with Crippen LogP contribution in [0.1, 0.15) is 43.0 Å². The van der Waals surface area contributed by atoms with Crippen molar-refractivity contribution in [1.29, 1.82) is 0 Å². The highest BCUT2D eigenvalue weighted by Crippen LogP contribution is 2.29. The lowest BCUT2D eigenvalue weighted by molar-refractivity contribution is -0.122. The Morgan fingerprint density at radius 3 is 2.76 bits per heavy atom. The molecule has 1 aliphatic heterocycles. The average molecular weight is 292 g/mol. The van der Waals surface area contributed by atoms with Crippen LogP contribution < -0.4 is 10.6 Å². The first kappa shape index (κ1) is 15.3. The molecule has 0 radical (unpaired) electrons. The van der Waals surface area contributed by atoms with Crippen molar-refractivity contribution in [3.05, 3.63) is 23.8 Å². The predicted octanol–water partition coefficient (Wildman–Crippen LogP) is 1.95. The van der Waals surface area contributed by atoms with Gasteiger partial charge in [-0.05, 0) is 44.0 Å². The zero-order valence-corrected chi connectivity index (χ0v) is 12.0. The van der Waals surface area contributed by atoms with E-state index in [1.165, 1.54) is 18.2 Å². The van der Waals surface area contributed by atoms with Crippen molar-refractivity contribution in [3.63, 3.8) is 0 Å². The molecule has 114 valence electrons. The van der Waals surface area contributed by atoms with Crippen LogP contribution in [0.3, 0.4) is 0 Å². The molecule has 1 unspecified atom stereocenters. The minimum absolute atomic E-state index is 0.0204. The van der Waals surface area contributed by atoms with Gasteiger partial charge >= 0.3 is 5.97 Å². The number of carboxylic acid groups (broad SMARTS) is 1. The molecule has 0 spiro atoms. The maximum absolute atomic E-state index is 12.5. The SMILES string of the molecule is CCCC1(C(=O)Nc2cc(C(=O)O)ccc2O)CCCN1. The summed E-state index contributed by atoms with van der Waals surface area (Å²) in [5.41, 5.74) is -0.475. The van der Waals surface area contributed by atoms with E-state index in [4.69, 9.17) is 5.11 Å². The highest BCUT2D eigenvalue weighted by Gasteiger charge is 2.40. The second kappa shape index (κ2) is 6.13. The summed E-state index contributed by atoms with van der Waals surface area (Å²) in [4.78, 5) is 23.5. The highest BCUT2D eigenvalue weighted by atomic mass is 16.4. The van der Waals surface area contributed by atoms with E-state index in [1.807, 2.05) is 6.92 Å². The third-order valence-electron chi connectivity index (χ3n) is 3.85. The second-order valence-corrected chi connectivity index (χ2v) is 5.35. The van der Waals surface area contributed by atoms with Crippen LogP contribution in [0.2, 0.25) is 0 Å². The van der Waals surface area contributed by atoms with Crippen LogP contribution in [-0.2, 0) is 4.79 Å². The standard InChI is InChI=1S/C15H20N2O4/c1-2-6-15(7-3-8-16-15)14(21)17-11-9-10(13(19)20)4-5-12(11)18/h4-5,9,16,18H,2-3,6-8H2,1H3,(H,17,21)(H,19,20). The number of phenols is 1. The number of carbonyl (C=O) groups excluding carboxylic acids is 1. The number of carboxylic acids is 1. The molecule has 1 aromatic rings. The number of aromatic carboxylic acids is 1. The number of amides is 1. The molecule has 2 rings (SSSR count). The van der Waals surface area contributed by atoms with Gasteiger partial charge in [0, 0.05) is 0 Å². The van der Waals surface area contributed by atoms with Crippen molar-refractivity contribution < 1.29 is 19.8 Å². The first-order chi connectivity index (χ1) is 9.98. The molecule has 1 atom stereocenters. The topological polar surface area (TPSA) is 98.7 Å². The molecule has 0 aromatic heterocycles. The summed E-state index contributed by atoms with van der Waals surface area (Å²) in [6.45, 7) is 2.80. The lowest BCUT2D eigenvalue weighted by atomic mass is 9.90. The van der Waals surface area contributed by atoms with Gasteiger partial charge in [-0.25, -0.2) is 4.79 Å². The fraction of sp³-hybridized carbons (Fsp3) is 0.467. The Morgan fingerprint density at radius 1 is 1.43 bits per heavy atom. The number of benzene rings is 1. The van der Waals surface area contributed by atoms with Gasteiger partial charge in [0.25, 0.3) is 0 Å². The van der Waals surface area contributed by atoms with Crippen molar-refractivity contribution in [3.8, 4) is 5.75 Å². The molecule has 1 heterocycles. The maximum Gasteiger partial charge on any atom is 0.335 e. The Hall–Kier alpha value is -2.08.